The van der Waals surface area contributed by atoms with Gasteiger partial charge in [-0.25, -0.2) is 13.1 Å². The first-order valence-corrected chi connectivity index (χ1v) is 6.96. The molecule has 0 aliphatic carbocycles. The Morgan fingerprint density at radius 2 is 1.94 bits per heavy atom. The maximum absolute atomic E-state index is 11.5. The minimum atomic E-state index is -3.79. The summed E-state index contributed by atoms with van der Waals surface area (Å²) in [5.74, 6) is -2.96. The number of carboxylic acids is 2. The molecule has 9 heteroatoms. The third-order valence-corrected chi connectivity index (χ3v) is 3.32. The molecule has 0 rings (SSSR count). The molecule has 3 N–H and O–H groups in total. The highest BCUT2D eigenvalue weighted by Gasteiger charge is 2.24. The van der Waals surface area contributed by atoms with Crippen LogP contribution in [-0.4, -0.2) is 55.6 Å². The van der Waals surface area contributed by atoms with Gasteiger partial charge in [-0.15, -0.1) is 0 Å². The van der Waals surface area contributed by atoms with E-state index in [1.807, 2.05) is 4.72 Å². The number of rotatable bonds is 10. The van der Waals surface area contributed by atoms with Crippen LogP contribution in [-0.2, 0) is 24.3 Å². The molecule has 0 aromatic heterocycles. The van der Waals surface area contributed by atoms with Gasteiger partial charge in [0.1, 0.15) is 6.04 Å². The Morgan fingerprint density at radius 1 is 1.33 bits per heavy atom. The molecule has 0 aromatic carbocycles. The van der Waals surface area contributed by atoms with Gasteiger partial charge in [0.05, 0.1) is 12.4 Å². The summed E-state index contributed by atoms with van der Waals surface area (Å²) in [5.41, 5.74) is 0. The van der Waals surface area contributed by atoms with Gasteiger partial charge >= 0.3 is 11.9 Å². The largest absolute Gasteiger partial charge is 0.481 e. The van der Waals surface area contributed by atoms with E-state index in [0.717, 1.165) is 0 Å². The van der Waals surface area contributed by atoms with E-state index in [0.29, 0.717) is 6.61 Å². The second kappa shape index (κ2) is 8.01. The van der Waals surface area contributed by atoms with Crippen LogP contribution < -0.4 is 4.72 Å². The van der Waals surface area contributed by atoms with Crippen LogP contribution in [0.3, 0.4) is 0 Å². The molecular formula is C9H17NO7S. The van der Waals surface area contributed by atoms with E-state index in [9.17, 15) is 18.0 Å². The molecule has 0 spiro atoms. The zero-order valence-electron chi connectivity index (χ0n) is 9.96. The average Bonchev–Trinajstić information content (AvgIpc) is 2.23. The van der Waals surface area contributed by atoms with Gasteiger partial charge in [-0.3, -0.25) is 9.59 Å². The van der Waals surface area contributed by atoms with Gasteiger partial charge in [0.25, 0.3) is 0 Å². The Morgan fingerprint density at radius 3 is 2.39 bits per heavy atom. The van der Waals surface area contributed by atoms with Crippen molar-refractivity contribution in [3.63, 3.8) is 0 Å². The molecule has 0 fully saturated rings. The third kappa shape index (κ3) is 7.98. The monoisotopic (exact) mass is 283 g/mol. The topological polar surface area (TPSA) is 130 Å². The maximum Gasteiger partial charge on any atom is 0.321 e. The Balaban J connectivity index is 4.38. The average molecular weight is 283 g/mol. The lowest BCUT2D eigenvalue weighted by Crippen LogP contribution is -2.42. The molecule has 0 unspecified atom stereocenters. The summed E-state index contributed by atoms with van der Waals surface area (Å²) in [7, 11) is -3.79. The molecule has 0 aromatic rings. The summed E-state index contributed by atoms with van der Waals surface area (Å²) in [6, 6.07) is -1.44. The summed E-state index contributed by atoms with van der Waals surface area (Å²) in [6.07, 6.45) is -0.733. The number of ether oxygens (including phenoxy) is 1. The van der Waals surface area contributed by atoms with Crippen LogP contribution in [0.15, 0.2) is 0 Å². The van der Waals surface area contributed by atoms with Gasteiger partial charge in [-0.05, 0) is 13.3 Å². The Kier molecular flexibility index (Phi) is 7.48. The SMILES string of the molecule is CCOCCS(=O)(=O)N[C@@H](CCC(=O)O)C(=O)O. The predicted molar refractivity (Wildman–Crippen MR) is 61.7 cm³/mol. The second-order valence-corrected chi connectivity index (χ2v) is 5.33. The van der Waals surface area contributed by atoms with Gasteiger partial charge in [-0.2, -0.15) is 0 Å². The van der Waals surface area contributed by atoms with Gasteiger partial charge in [0.2, 0.25) is 10.0 Å². The number of aliphatic carboxylic acids is 2. The van der Waals surface area contributed by atoms with Gasteiger partial charge < -0.3 is 14.9 Å². The predicted octanol–water partition coefficient (Wildman–Crippen LogP) is -0.740. The van der Waals surface area contributed by atoms with Crippen molar-refractivity contribution in [1.82, 2.24) is 4.72 Å². The summed E-state index contributed by atoms with van der Waals surface area (Å²) in [6.45, 7) is 2.01. The fourth-order valence-electron chi connectivity index (χ4n) is 1.09. The molecule has 0 saturated carbocycles. The van der Waals surface area contributed by atoms with Crippen molar-refractivity contribution in [2.75, 3.05) is 19.0 Å². The zero-order valence-corrected chi connectivity index (χ0v) is 10.8. The molecule has 0 radical (unpaired) electrons. The number of sulfonamides is 1. The van der Waals surface area contributed by atoms with E-state index in [-0.39, 0.29) is 18.8 Å². The van der Waals surface area contributed by atoms with Crippen molar-refractivity contribution in [3.8, 4) is 0 Å². The van der Waals surface area contributed by atoms with Crippen molar-refractivity contribution in [3.05, 3.63) is 0 Å². The molecule has 0 saturated heterocycles. The number of nitrogens with one attached hydrogen (secondary N) is 1. The normalized spacial score (nSPS) is 13.2. The molecule has 0 heterocycles. The van der Waals surface area contributed by atoms with Crippen molar-refractivity contribution in [2.24, 2.45) is 0 Å². The lowest BCUT2D eigenvalue weighted by atomic mass is 10.2. The van der Waals surface area contributed by atoms with Gasteiger partial charge in [0.15, 0.2) is 0 Å². The summed E-state index contributed by atoms with van der Waals surface area (Å²) in [5, 5.41) is 17.2. The number of carboxylic acid groups (broad SMARTS) is 2. The smallest absolute Gasteiger partial charge is 0.321 e. The molecule has 0 aliphatic heterocycles. The zero-order chi connectivity index (χ0) is 14.2. The molecular weight excluding hydrogens is 266 g/mol. The molecule has 106 valence electrons. The fourth-order valence-corrected chi connectivity index (χ4v) is 2.20. The van der Waals surface area contributed by atoms with E-state index < -0.39 is 34.4 Å². The summed E-state index contributed by atoms with van der Waals surface area (Å²) >= 11 is 0. The van der Waals surface area contributed by atoms with Crippen LogP contribution in [0, 0.1) is 0 Å². The van der Waals surface area contributed by atoms with E-state index in [1.54, 1.807) is 6.92 Å². The van der Waals surface area contributed by atoms with Gasteiger partial charge in [0, 0.05) is 13.0 Å². The molecule has 8 nitrogen and oxygen atoms in total. The first kappa shape index (κ1) is 16.8. The minimum absolute atomic E-state index is 0.0445. The Hall–Kier alpha value is -1.19. The molecule has 0 aliphatic rings. The summed E-state index contributed by atoms with van der Waals surface area (Å²) in [4.78, 5) is 21.1. The number of carbonyl (C=O) groups is 2. The lowest BCUT2D eigenvalue weighted by Gasteiger charge is -2.13. The van der Waals surface area contributed by atoms with Crippen LogP contribution in [0.2, 0.25) is 0 Å². The molecule has 0 amide bonds. The van der Waals surface area contributed by atoms with Crippen LogP contribution in [0.4, 0.5) is 0 Å². The quantitative estimate of drug-likeness (QED) is 0.450. The first-order valence-electron chi connectivity index (χ1n) is 5.31. The van der Waals surface area contributed by atoms with Crippen molar-refractivity contribution >= 4 is 22.0 Å². The van der Waals surface area contributed by atoms with Crippen molar-refractivity contribution in [2.45, 2.75) is 25.8 Å². The van der Waals surface area contributed by atoms with Gasteiger partial charge in [-0.1, -0.05) is 0 Å². The number of hydrogen-bond donors (Lipinski definition) is 3. The highest BCUT2D eigenvalue weighted by atomic mass is 32.2. The first-order chi connectivity index (χ1) is 8.28. The maximum atomic E-state index is 11.5. The summed E-state index contributed by atoms with van der Waals surface area (Å²) < 4.78 is 29.7. The second-order valence-electron chi connectivity index (χ2n) is 3.46. The van der Waals surface area contributed by atoms with Crippen LogP contribution in [0.1, 0.15) is 19.8 Å². The fraction of sp³-hybridized carbons (Fsp3) is 0.778. The highest BCUT2D eigenvalue weighted by Crippen LogP contribution is 2.01. The van der Waals surface area contributed by atoms with Crippen LogP contribution in [0.5, 0.6) is 0 Å². The standard InChI is InChI=1S/C9H17NO7S/c1-2-17-5-6-18(15,16)10-7(9(13)14)3-4-8(11)12/h7,10H,2-6H2,1H3,(H,11,12)(H,13,14)/t7-/m0/s1. The lowest BCUT2D eigenvalue weighted by molar-refractivity contribution is -0.140. The third-order valence-electron chi connectivity index (χ3n) is 1.97. The van der Waals surface area contributed by atoms with E-state index in [4.69, 9.17) is 14.9 Å². The van der Waals surface area contributed by atoms with Crippen LogP contribution in [0.25, 0.3) is 0 Å². The number of hydrogen-bond acceptors (Lipinski definition) is 5. The minimum Gasteiger partial charge on any atom is -0.481 e. The highest BCUT2D eigenvalue weighted by molar-refractivity contribution is 7.89. The van der Waals surface area contributed by atoms with Crippen LogP contribution >= 0.6 is 0 Å². The Bertz CT molecular complexity index is 378. The van der Waals surface area contributed by atoms with E-state index in [2.05, 4.69) is 0 Å². The van der Waals surface area contributed by atoms with E-state index >= 15 is 0 Å². The molecule has 18 heavy (non-hydrogen) atoms. The Labute approximate surface area is 105 Å². The molecule has 0 bridgehead atoms. The van der Waals surface area contributed by atoms with E-state index in [1.165, 1.54) is 0 Å². The van der Waals surface area contributed by atoms with Crippen molar-refractivity contribution < 1.29 is 33.0 Å². The molecule has 1 atom stereocenters. The van der Waals surface area contributed by atoms with Crippen molar-refractivity contribution in [1.29, 1.82) is 0 Å².